The number of fused-ring (bicyclic) bond motifs is 2. The minimum Gasteiger partial charge on any atom is -0.319 e. The molecule has 0 bridgehead atoms. The molecule has 6 nitrogen and oxygen atoms in total. The molecule has 1 fully saturated rings. The van der Waals surface area contributed by atoms with Gasteiger partial charge in [-0.2, -0.15) is 0 Å². The molecule has 1 atom stereocenters. The van der Waals surface area contributed by atoms with E-state index in [1.807, 2.05) is 11.4 Å². The first kappa shape index (κ1) is 14.1. The van der Waals surface area contributed by atoms with Crippen LogP contribution in [0.4, 0.5) is 4.79 Å². The molecule has 114 valence electrons. The Bertz CT molecular complexity index is 774. The number of carbonyl (C=O) groups excluding carboxylic acids is 2. The normalized spacial score (nSPS) is 24.0. The second-order valence-corrected chi connectivity index (χ2v) is 7.69. The van der Waals surface area contributed by atoms with Crippen molar-refractivity contribution in [1.82, 2.24) is 19.8 Å². The zero-order valence-electron chi connectivity index (χ0n) is 11.3. The molecule has 22 heavy (non-hydrogen) atoms. The maximum Gasteiger partial charge on any atom is 0.325 e. The Balaban J connectivity index is 1.70. The van der Waals surface area contributed by atoms with Gasteiger partial charge in [0, 0.05) is 22.0 Å². The summed E-state index contributed by atoms with van der Waals surface area (Å²) in [4.78, 5) is 27.7. The first-order chi connectivity index (χ1) is 10.6. The zero-order chi connectivity index (χ0) is 15.3. The molecule has 0 aromatic carbocycles. The van der Waals surface area contributed by atoms with Gasteiger partial charge in [-0.05, 0) is 30.7 Å². The number of nitrogens with one attached hydrogen (secondary N) is 1. The third kappa shape index (κ3) is 1.90. The van der Waals surface area contributed by atoms with E-state index < -0.39 is 11.6 Å². The van der Waals surface area contributed by atoms with Gasteiger partial charge in [0.1, 0.15) is 15.6 Å². The number of rotatable bonds is 2. The van der Waals surface area contributed by atoms with Crippen molar-refractivity contribution in [3.05, 3.63) is 31.9 Å². The number of thiophene rings is 1. The molecular formula is C13H11ClN4O2S2. The Labute approximate surface area is 139 Å². The van der Waals surface area contributed by atoms with Gasteiger partial charge in [-0.15, -0.1) is 16.4 Å². The average Bonchev–Trinajstić information content (AvgIpc) is 3.17. The summed E-state index contributed by atoms with van der Waals surface area (Å²) in [5, 5.41) is 8.75. The summed E-state index contributed by atoms with van der Waals surface area (Å²) in [5.74, 6) is -0.221. The Hall–Kier alpha value is -1.51. The van der Waals surface area contributed by atoms with Crippen LogP contribution in [0.2, 0.25) is 4.34 Å². The smallest absolute Gasteiger partial charge is 0.319 e. The van der Waals surface area contributed by atoms with Crippen molar-refractivity contribution in [2.45, 2.75) is 31.3 Å². The van der Waals surface area contributed by atoms with Crippen LogP contribution in [0.25, 0.3) is 0 Å². The van der Waals surface area contributed by atoms with Crippen LogP contribution in [-0.2, 0) is 23.3 Å². The summed E-state index contributed by atoms with van der Waals surface area (Å²) in [6, 6.07) is 1.55. The van der Waals surface area contributed by atoms with E-state index in [9.17, 15) is 9.59 Å². The average molecular weight is 355 g/mol. The van der Waals surface area contributed by atoms with Gasteiger partial charge in [0.15, 0.2) is 0 Å². The van der Waals surface area contributed by atoms with Gasteiger partial charge in [-0.1, -0.05) is 16.1 Å². The Morgan fingerprint density at radius 1 is 1.45 bits per heavy atom. The molecule has 2 aliphatic rings. The Morgan fingerprint density at radius 3 is 3.09 bits per heavy atom. The summed E-state index contributed by atoms with van der Waals surface area (Å²) in [5.41, 5.74) is 0.473. The number of hydrogen-bond donors (Lipinski definition) is 1. The highest BCUT2D eigenvalue weighted by Crippen LogP contribution is 2.42. The largest absolute Gasteiger partial charge is 0.325 e. The maximum absolute atomic E-state index is 13.0. The second-order valence-electron chi connectivity index (χ2n) is 5.33. The molecule has 0 saturated carbocycles. The molecule has 3 amide bonds. The number of hydrogen-bond acceptors (Lipinski definition) is 6. The third-order valence-corrected chi connectivity index (χ3v) is 6.12. The highest BCUT2D eigenvalue weighted by atomic mass is 35.5. The molecule has 2 aromatic rings. The molecule has 1 spiro atoms. The van der Waals surface area contributed by atoms with Crippen LogP contribution in [0.3, 0.4) is 0 Å². The van der Waals surface area contributed by atoms with Crippen LogP contribution in [0.1, 0.15) is 29.0 Å². The standard InChI is InChI=1S/C13H11ClN4O2S2/c14-10-8(16-17-22-10)6-18-11(19)13(15-12(18)20)4-1-2-9-7(13)3-5-21-9/h3,5H,1-2,4,6H2,(H,15,20)/t13-/m0/s1. The fraction of sp³-hybridized carbons (Fsp3) is 0.385. The molecule has 1 aliphatic heterocycles. The van der Waals surface area contributed by atoms with Gasteiger partial charge in [0.05, 0.1) is 6.54 Å². The number of aromatic nitrogens is 2. The van der Waals surface area contributed by atoms with Gasteiger partial charge in [0.25, 0.3) is 5.91 Å². The first-order valence-corrected chi connectivity index (χ1v) is 8.82. The topological polar surface area (TPSA) is 75.2 Å². The van der Waals surface area contributed by atoms with Crippen molar-refractivity contribution in [3.8, 4) is 0 Å². The number of aryl methyl sites for hydroxylation is 1. The first-order valence-electron chi connectivity index (χ1n) is 6.79. The summed E-state index contributed by atoms with van der Waals surface area (Å²) in [7, 11) is 0. The van der Waals surface area contributed by atoms with E-state index in [1.54, 1.807) is 11.3 Å². The summed E-state index contributed by atoms with van der Waals surface area (Å²) in [6.07, 6.45) is 2.47. The molecule has 3 heterocycles. The van der Waals surface area contributed by atoms with Crippen molar-refractivity contribution in [2.75, 3.05) is 0 Å². The molecule has 1 saturated heterocycles. The van der Waals surface area contributed by atoms with Gasteiger partial charge in [-0.25, -0.2) is 4.79 Å². The van der Waals surface area contributed by atoms with Gasteiger partial charge in [0.2, 0.25) is 0 Å². The summed E-state index contributed by atoms with van der Waals surface area (Å²) >= 11 is 8.66. The van der Waals surface area contributed by atoms with Crippen LogP contribution in [-0.4, -0.2) is 26.4 Å². The molecule has 1 N–H and O–H groups in total. The van der Waals surface area contributed by atoms with E-state index in [4.69, 9.17) is 11.6 Å². The zero-order valence-corrected chi connectivity index (χ0v) is 13.7. The minimum atomic E-state index is -0.916. The monoisotopic (exact) mass is 354 g/mol. The number of carbonyl (C=O) groups is 2. The van der Waals surface area contributed by atoms with Crippen molar-refractivity contribution in [3.63, 3.8) is 0 Å². The van der Waals surface area contributed by atoms with E-state index in [0.717, 1.165) is 29.9 Å². The number of halogens is 1. The van der Waals surface area contributed by atoms with E-state index in [2.05, 4.69) is 14.9 Å². The van der Waals surface area contributed by atoms with E-state index >= 15 is 0 Å². The molecule has 9 heteroatoms. The van der Waals surface area contributed by atoms with Crippen LogP contribution >= 0.6 is 34.5 Å². The number of imide groups is 1. The fourth-order valence-electron chi connectivity index (χ4n) is 3.13. The Kier molecular flexibility index (Phi) is 3.21. The van der Waals surface area contributed by atoms with E-state index in [1.165, 1.54) is 9.78 Å². The molecule has 1 aliphatic carbocycles. The van der Waals surface area contributed by atoms with Gasteiger partial charge < -0.3 is 5.32 Å². The predicted molar refractivity (Wildman–Crippen MR) is 82.9 cm³/mol. The lowest BCUT2D eigenvalue weighted by Gasteiger charge is -2.31. The van der Waals surface area contributed by atoms with Gasteiger partial charge in [-0.3, -0.25) is 9.69 Å². The van der Waals surface area contributed by atoms with Crippen molar-refractivity contribution in [2.24, 2.45) is 0 Å². The summed E-state index contributed by atoms with van der Waals surface area (Å²) < 4.78 is 4.14. The Morgan fingerprint density at radius 2 is 2.32 bits per heavy atom. The van der Waals surface area contributed by atoms with Gasteiger partial charge >= 0.3 is 6.03 Å². The third-order valence-electron chi connectivity index (χ3n) is 4.15. The maximum atomic E-state index is 13.0. The lowest BCUT2D eigenvalue weighted by Crippen LogP contribution is -2.46. The van der Waals surface area contributed by atoms with Crippen LogP contribution in [0, 0.1) is 0 Å². The molecule has 0 radical (unpaired) electrons. The number of urea groups is 1. The highest BCUT2D eigenvalue weighted by molar-refractivity contribution is 7.10. The number of amides is 3. The van der Waals surface area contributed by atoms with Crippen LogP contribution in [0.15, 0.2) is 11.4 Å². The minimum absolute atomic E-state index is 0.0568. The molecule has 4 rings (SSSR count). The van der Waals surface area contributed by atoms with Crippen molar-refractivity contribution < 1.29 is 9.59 Å². The lowest BCUT2D eigenvalue weighted by atomic mass is 9.80. The fourth-order valence-corrected chi connectivity index (χ4v) is 4.74. The quantitative estimate of drug-likeness (QED) is 0.841. The molecule has 2 aromatic heterocycles. The van der Waals surface area contributed by atoms with Crippen molar-refractivity contribution >= 4 is 46.4 Å². The SMILES string of the molecule is O=C1N[C@]2(CCCc3sccc32)C(=O)N1Cc1nnsc1Cl. The number of nitrogens with zero attached hydrogens (tertiary/aromatic N) is 3. The second kappa shape index (κ2) is 5.00. The molecule has 0 unspecified atom stereocenters. The molecular weight excluding hydrogens is 344 g/mol. The summed E-state index contributed by atoms with van der Waals surface area (Å²) in [6.45, 7) is 0.0568. The van der Waals surface area contributed by atoms with E-state index in [0.29, 0.717) is 16.5 Å². The van der Waals surface area contributed by atoms with E-state index in [-0.39, 0.29) is 12.5 Å². The lowest BCUT2D eigenvalue weighted by molar-refractivity contribution is -0.132. The van der Waals surface area contributed by atoms with Crippen LogP contribution < -0.4 is 5.32 Å². The van der Waals surface area contributed by atoms with Crippen molar-refractivity contribution in [1.29, 1.82) is 0 Å². The predicted octanol–water partition coefficient (Wildman–Crippen LogP) is 2.54. The van der Waals surface area contributed by atoms with Crippen LogP contribution in [0.5, 0.6) is 0 Å². The highest BCUT2D eigenvalue weighted by Gasteiger charge is 2.54.